The van der Waals surface area contributed by atoms with Crippen molar-refractivity contribution in [3.8, 4) is 5.75 Å². The smallest absolute Gasteiger partial charge is 0.411 e. The minimum atomic E-state index is -4.48. The number of carbonyl (C=O) groups is 2. The lowest BCUT2D eigenvalue weighted by Gasteiger charge is -2.09. The Labute approximate surface area is 118 Å². The molecule has 21 heavy (non-hydrogen) atoms. The number of carbonyl (C=O) groups excluding carboxylic acids is 2. The van der Waals surface area contributed by atoms with Crippen molar-refractivity contribution in [2.24, 2.45) is 0 Å². The molecule has 1 aromatic rings. The van der Waals surface area contributed by atoms with Crippen LogP contribution in [0.5, 0.6) is 5.75 Å². The highest BCUT2D eigenvalue weighted by molar-refractivity contribution is 6.02. The first-order chi connectivity index (χ1) is 9.87. The third-order valence-electron chi connectivity index (χ3n) is 2.69. The Hall–Kier alpha value is -2.09. The van der Waals surface area contributed by atoms with Gasteiger partial charge >= 0.3 is 6.18 Å². The molecule has 0 atom stereocenters. The largest absolute Gasteiger partial charge is 0.491 e. The number of rotatable bonds is 4. The molecular formula is C13H12F3NO4. The predicted octanol–water partition coefficient (Wildman–Crippen LogP) is 1.57. The minimum absolute atomic E-state index is 0.0941. The maximum Gasteiger partial charge on any atom is 0.411 e. The van der Waals surface area contributed by atoms with Crippen LogP contribution in [-0.4, -0.2) is 44.2 Å². The summed E-state index contributed by atoms with van der Waals surface area (Å²) < 4.78 is 45.4. The van der Waals surface area contributed by atoms with Gasteiger partial charge in [-0.25, -0.2) is 0 Å². The molecule has 0 aromatic heterocycles. The van der Waals surface area contributed by atoms with Crippen LogP contribution in [0.3, 0.4) is 0 Å². The topological polar surface area (TPSA) is 64.6 Å². The lowest BCUT2D eigenvalue weighted by Crippen LogP contribution is -2.24. The van der Waals surface area contributed by atoms with Gasteiger partial charge < -0.3 is 14.8 Å². The predicted molar refractivity (Wildman–Crippen MR) is 65.5 cm³/mol. The number of alkyl halides is 3. The number of ketones is 1. The number of hydrogen-bond donors (Lipinski definition) is 1. The molecule has 0 fully saturated rings. The Morgan fingerprint density at radius 3 is 2.86 bits per heavy atom. The second-order valence-electron chi connectivity index (χ2n) is 4.35. The SMILES string of the molecule is O=C(COCC(F)(F)F)c1ccc2c(c1)C(=O)NCCO2. The van der Waals surface area contributed by atoms with Crippen LogP contribution >= 0.6 is 0 Å². The summed E-state index contributed by atoms with van der Waals surface area (Å²) in [6.45, 7) is -1.56. The van der Waals surface area contributed by atoms with E-state index in [1.165, 1.54) is 18.2 Å². The molecule has 1 aliphatic rings. The molecule has 1 heterocycles. The van der Waals surface area contributed by atoms with Crippen LogP contribution in [0, 0.1) is 0 Å². The Kier molecular flexibility index (Phi) is 4.46. The van der Waals surface area contributed by atoms with E-state index in [4.69, 9.17) is 4.74 Å². The molecule has 2 rings (SSSR count). The van der Waals surface area contributed by atoms with Crippen molar-refractivity contribution in [1.82, 2.24) is 5.32 Å². The number of amides is 1. The summed E-state index contributed by atoms with van der Waals surface area (Å²) in [5.41, 5.74) is 0.269. The second-order valence-corrected chi connectivity index (χ2v) is 4.35. The number of benzene rings is 1. The standard InChI is InChI=1S/C13H12F3NO4/c14-13(15,16)7-20-6-10(18)8-1-2-11-9(5-8)12(19)17-3-4-21-11/h1-2,5H,3-4,6-7H2,(H,17,19). The fourth-order valence-electron chi connectivity index (χ4n) is 1.77. The van der Waals surface area contributed by atoms with Crippen molar-refractivity contribution in [1.29, 1.82) is 0 Å². The van der Waals surface area contributed by atoms with E-state index in [1.807, 2.05) is 0 Å². The molecule has 0 aliphatic carbocycles. The third kappa shape index (κ3) is 4.19. The maximum absolute atomic E-state index is 11.9. The summed E-state index contributed by atoms with van der Waals surface area (Å²) in [6.07, 6.45) is -4.48. The summed E-state index contributed by atoms with van der Waals surface area (Å²) in [6, 6.07) is 4.11. The van der Waals surface area contributed by atoms with Gasteiger partial charge in [0.15, 0.2) is 5.78 Å². The monoisotopic (exact) mass is 303 g/mol. The van der Waals surface area contributed by atoms with Crippen LogP contribution in [0.15, 0.2) is 18.2 Å². The Balaban J connectivity index is 2.07. The molecule has 0 unspecified atom stereocenters. The molecule has 1 N–H and O–H groups in total. The van der Waals surface area contributed by atoms with E-state index in [0.717, 1.165) is 0 Å². The fourth-order valence-corrected chi connectivity index (χ4v) is 1.77. The van der Waals surface area contributed by atoms with E-state index in [9.17, 15) is 22.8 Å². The first-order valence-corrected chi connectivity index (χ1v) is 6.09. The zero-order valence-corrected chi connectivity index (χ0v) is 10.8. The van der Waals surface area contributed by atoms with Gasteiger partial charge in [0.05, 0.1) is 12.1 Å². The van der Waals surface area contributed by atoms with Gasteiger partial charge in [0, 0.05) is 5.56 Å². The van der Waals surface area contributed by atoms with Crippen LogP contribution in [0.4, 0.5) is 13.2 Å². The summed E-state index contributed by atoms with van der Waals surface area (Å²) in [4.78, 5) is 23.5. The normalized spacial score (nSPS) is 14.7. The zero-order chi connectivity index (χ0) is 15.5. The maximum atomic E-state index is 11.9. The van der Waals surface area contributed by atoms with Gasteiger partial charge in [-0.1, -0.05) is 0 Å². The summed E-state index contributed by atoms with van der Waals surface area (Å²) in [7, 11) is 0. The second kappa shape index (κ2) is 6.13. The lowest BCUT2D eigenvalue weighted by molar-refractivity contribution is -0.170. The number of halogens is 3. The van der Waals surface area contributed by atoms with Crippen molar-refractivity contribution in [2.45, 2.75) is 6.18 Å². The molecule has 0 spiro atoms. The van der Waals surface area contributed by atoms with Gasteiger partial charge in [-0.05, 0) is 18.2 Å². The molecule has 0 saturated heterocycles. The summed E-state index contributed by atoms with van der Waals surface area (Å²) >= 11 is 0. The molecular weight excluding hydrogens is 291 g/mol. The molecule has 1 aromatic carbocycles. The number of hydrogen-bond acceptors (Lipinski definition) is 4. The van der Waals surface area contributed by atoms with Crippen molar-refractivity contribution < 1.29 is 32.2 Å². The Morgan fingerprint density at radius 2 is 2.14 bits per heavy atom. The lowest BCUT2D eigenvalue weighted by atomic mass is 10.1. The van der Waals surface area contributed by atoms with Crippen LogP contribution in [0.25, 0.3) is 0 Å². The molecule has 0 saturated carbocycles. The fraction of sp³-hybridized carbons (Fsp3) is 0.385. The van der Waals surface area contributed by atoms with E-state index in [0.29, 0.717) is 18.9 Å². The average molecular weight is 303 g/mol. The van der Waals surface area contributed by atoms with Crippen molar-refractivity contribution in [2.75, 3.05) is 26.4 Å². The third-order valence-corrected chi connectivity index (χ3v) is 2.69. The highest BCUT2D eigenvalue weighted by atomic mass is 19.4. The van der Waals surface area contributed by atoms with Gasteiger partial charge in [0.25, 0.3) is 5.91 Å². The van der Waals surface area contributed by atoms with E-state index in [2.05, 4.69) is 10.1 Å². The van der Waals surface area contributed by atoms with Gasteiger partial charge in [-0.3, -0.25) is 9.59 Å². The minimum Gasteiger partial charge on any atom is -0.491 e. The highest BCUT2D eigenvalue weighted by Gasteiger charge is 2.28. The number of Topliss-reactive ketones (excluding diaryl/α,β-unsaturated/α-hetero) is 1. The van der Waals surface area contributed by atoms with Gasteiger partial charge in [0.2, 0.25) is 0 Å². The van der Waals surface area contributed by atoms with Crippen LogP contribution in [0.1, 0.15) is 20.7 Å². The van der Waals surface area contributed by atoms with Crippen LogP contribution in [0.2, 0.25) is 0 Å². The Morgan fingerprint density at radius 1 is 1.38 bits per heavy atom. The van der Waals surface area contributed by atoms with Crippen molar-refractivity contribution >= 4 is 11.7 Å². The first-order valence-electron chi connectivity index (χ1n) is 6.09. The number of fused-ring (bicyclic) bond motifs is 1. The number of ether oxygens (including phenoxy) is 2. The van der Waals surface area contributed by atoms with E-state index < -0.39 is 31.1 Å². The quantitative estimate of drug-likeness (QED) is 0.858. The summed E-state index contributed by atoms with van der Waals surface area (Å²) in [5.74, 6) is -0.704. The molecule has 1 amide bonds. The van der Waals surface area contributed by atoms with E-state index in [1.54, 1.807) is 0 Å². The summed E-state index contributed by atoms with van der Waals surface area (Å²) in [5, 5.41) is 2.57. The zero-order valence-electron chi connectivity index (χ0n) is 10.8. The van der Waals surface area contributed by atoms with Crippen LogP contribution in [-0.2, 0) is 4.74 Å². The Bertz CT molecular complexity index is 557. The van der Waals surface area contributed by atoms with Crippen LogP contribution < -0.4 is 10.1 Å². The molecule has 1 aliphatic heterocycles. The van der Waals surface area contributed by atoms with Gasteiger partial charge in [-0.15, -0.1) is 0 Å². The molecule has 8 heteroatoms. The van der Waals surface area contributed by atoms with E-state index in [-0.39, 0.29) is 11.1 Å². The first kappa shape index (κ1) is 15.3. The van der Waals surface area contributed by atoms with Crippen molar-refractivity contribution in [3.63, 3.8) is 0 Å². The van der Waals surface area contributed by atoms with E-state index >= 15 is 0 Å². The molecule has 114 valence electrons. The van der Waals surface area contributed by atoms with Gasteiger partial charge in [0.1, 0.15) is 25.6 Å². The molecule has 0 radical (unpaired) electrons. The van der Waals surface area contributed by atoms with Crippen molar-refractivity contribution in [3.05, 3.63) is 29.3 Å². The molecule has 5 nitrogen and oxygen atoms in total. The molecule has 0 bridgehead atoms. The highest BCUT2D eigenvalue weighted by Crippen LogP contribution is 2.22. The average Bonchev–Trinajstić information content (AvgIpc) is 2.59. The van der Waals surface area contributed by atoms with Gasteiger partial charge in [-0.2, -0.15) is 13.2 Å². The number of nitrogens with one attached hydrogen (secondary N) is 1.